The minimum Gasteiger partial charge on any atom is -0.382 e. The molecule has 4 aliphatic rings. The van der Waals surface area contributed by atoms with Gasteiger partial charge in [0.2, 0.25) is 23.6 Å². The summed E-state index contributed by atoms with van der Waals surface area (Å²) in [5.41, 5.74) is 3.39. The van der Waals surface area contributed by atoms with Crippen LogP contribution in [0.4, 0.5) is 11.5 Å². The summed E-state index contributed by atoms with van der Waals surface area (Å²) in [4.78, 5) is 86.5. The van der Waals surface area contributed by atoms with Crippen molar-refractivity contribution in [1.82, 2.24) is 40.5 Å². The number of anilines is 2. The van der Waals surface area contributed by atoms with Crippen LogP contribution in [-0.4, -0.2) is 150 Å². The van der Waals surface area contributed by atoms with Gasteiger partial charge >= 0.3 is 0 Å². The van der Waals surface area contributed by atoms with Gasteiger partial charge < -0.3 is 39.7 Å². The second-order valence-corrected chi connectivity index (χ2v) is 16.4. The van der Waals surface area contributed by atoms with E-state index in [4.69, 9.17) is 9.47 Å². The molecule has 3 aromatic rings. The van der Waals surface area contributed by atoms with E-state index in [1.807, 2.05) is 34.1 Å². The number of hydrogen-bond donors (Lipinski definition) is 3. The molecule has 1 unspecified atom stereocenters. The maximum atomic E-state index is 13.2. The lowest BCUT2D eigenvalue weighted by atomic mass is 9.91. The maximum absolute atomic E-state index is 13.2. The van der Waals surface area contributed by atoms with Crippen molar-refractivity contribution in [3.8, 4) is 0 Å². The van der Waals surface area contributed by atoms with Gasteiger partial charge in [-0.15, -0.1) is 10.2 Å². The summed E-state index contributed by atoms with van der Waals surface area (Å²) < 4.78 is 11.4. The number of amides is 6. The highest BCUT2D eigenvalue weighted by Gasteiger charge is 2.40. The highest BCUT2D eigenvalue weighted by Crippen LogP contribution is 2.32. The van der Waals surface area contributed by atoms with Crippen molar-refractivity contribution >= 4 is 53.0 Å². The average molecular weight is 879 g/mol. The number of carbonyl (C=O) groups excluding carboxylic acids is 6. The first kappa shape index (κ1) is 45.7. The van der Waals surface area contributed by atoms with Crippen molar-refractivity contribution in [2.75, 3.05) is 89.0 Å². The third-order valence-corrected chi connectivity index (χ3v) is 12.2. The quantitative estimate of drug-likeness (QED) is 0.0849. The molecular formula is C46H58N10O8. The predicted octanol–water partition coefficient (Wildman–Crippen LogP) is 2.67. The number of benzene rings is 1. The van der Waals surface area contributed by atoms with E-state index in [0.717, 1.165) is 48.9 Å². The Morgan fingerprint density at radius 3 is 2.39 bits per heavy atom. The smallest absolute Gasteiger partial charge is 0.274 e. The van der Waals surface area contributed by atoms with Crippen LogP contribution in [0.1, 0.15) is 83.3 Å². The minimum atomic E-state index is -0.661. The fourth-order valence-corrected chi connectivity index (χ4v) is 8.50. The normalized spacial score (nSPS) is 18.1. The molecule has 340 valence electrons. The number of unbranched alkanes of at least 4 members (excludes halogenated alkanes) is 1. The highest BCUT2D eigenvalue weighted by molar-refractivity contribution is 6.06. The molecule has 4 aliphatic heterocycles. The third-order valence-electron chi connectivity index (χ3n) is 12.2. The van der Waals surface area contributed by atoms with E-state index in [2.05, 4.69) is 36.0 Å². The number of hydrogen-bond acceptors (Lipinski definition) is 13. The summed E-state index contributed by atoms with van der Waals surface area (Å²) in [6.07, 6.45) is 12.4. The molecule has 6 amide bonds. The highest BCUT2D eigenvalue weighted by atomic mass is 16.5. The number of fused-ring (bicyclic) bond motifs is 1. The first-order valence-corrected chi connectivity index (χ1v) is 22.4. The van der Waals surface area contributed by atoms with Gasteiger partial charge in [-0.2, -0.15) is 0 Å². The Kier molecular flexibility index (Phi) is 16.4. The van der Waals surface area contributed by atoms with E-state index >= 15 is 0 Å². The molecule has 0 saturated carbocycles. The lowest BCUT2D eigenvalue weighted by molar-refractivity contribution is -0.137. The van der Waals surface area contributed by atoms with Gasteiger partial charge in [-0.25, -0.2) is 0 Å². The van der Waals surface area contributed by atoms with Gasteiger partial charge in [-0.05, 0) is 73.6 Å². The topological polar surface area (TPSA) is 209 Å². The molecule has 1 aromatic carbocycles. The summed E-state index contributed by atoms with van der Waals surface area (Å²) in [6.45, 7) is 6.56. The Balaban J connectivity index is 0.704. The van der Waals surface area contributed by atoms with Crippen LogP contribution in [0.25, 0.3) is 6.08 Å². The molecule has 3 N–H and O–H groups in total. The zero-order valence-electron chi connectivity index (χ0n) is 36.3. The lowest BCUT2D eigenvalue weighted by Gasteiger charge is -2.35. The van der Waals surface area contributed by atoms with Crippen LogP contribution >= 0.6 is 0 Å². The van der Waals surface area contributed by atoms with Gasteiger partial charge in [-0.1, -0.05) is 25.0 Å². The molecule has 7 rings (SSSR count). The van der Waals surface area contributed by atoms with Crippen molar-refractivity contribution in [2.45, 2.75) is 64.0 Å². The molecule has 18 heteroatoms. The molecule has 3 saturated heterocycles. The fourth-order valence-electron chi connectivity index (χ4n) is 8.50. The van der Waals surface area contributed by atoms with Crippen molar-refractivity contribution < 1.29 is 38.2 Å². The van der Waals surface area contributed by atoms with E-state index in [0.29, 0.717) is 115 Å². The van der Waals surface area contributed by atoms with Gasteiger partial charge in [-0.3, -0.25) is 39.1 Å². The Morgan fingerprint density at radius 1 is 0.828 bits per heavy atom. The first-order valence-electron chi connectivity index (χ1n) is 22.4. The number of piperidine rings is 2. The second-order valence-electron chi connectivity index (χ2n) is 16.4. The number of piperazine rings is 1. The number of likely N-dealkylation sites (tertiary alicyclic amines) is 1. The minimum absolute atomic E-state index is 0.0280. The van der Waals surface area contributed by atoms with Crippen LogP contribution in [-0.2, 0) is 35.2 Å². The van der Waals surface area contributed by atoms with Gasteiger partial charge in [0.1, 0.15) is 6.04 Å². The number of ether oxygens (including phenoxy) is 2. The number of rotatable bonds is 20. The molecule has 0 radical (unpaired) electrons. The molecule has 18 nitrogen and oxygen atoms in total. The maximum Gasteiger partial charge on any atom is 0.274 e. The van der Waals surface area contributed by atoms with Crippen LogP contribution in [0.15, 0.2) is 60.9 Å². The fraction of sp³-hybridized carbons (Fsp3) is 0.500. The van der Waals surface area contributed by atoms with E-state index in [9.17, 15) is 28.8 Å². The third kappa shape index (κ3) is 12.5. The number of carbonyl (C=O) groups is 6. The van der Waals surface area contributed by atoms with Gasteiger partial charge in [0.05, 0.1) is 32.8 Å². The SMILES string of the molecule is O=C(/C=C/c1cccnc1)NCCCCC1CCN(C(=O)c2ccc(N3CCN(C(=O)CCOCCOCCNc4cccc5c4CN(C4CCC(=O)NC4=O)C5=O)CC3)nn2)CC1. The molecule has 3 fully saturated rings. The predicted molar refractivity (Wildman–Crippen MR) is 237 cm³/mol. The number of nitrogens with one attached hydrogen (secondary N) is 3. The Hall–Kier alpha value is -6.27. The number of aromatic nitrogens is 3. The average Bonchev–Trinajstić information content (AvgIpc) is 3.66. The monoisotopic (exact) mass is 878 g/mol. The number of pyridine rings is 1. The molecule has 1 atom stereocenters. The molecule has 0 aliphatic carbocycles. The molecule has 0 bridgehead atoms. The van der Waals surface area contributed by atoms with Crippen LogP contribution in [0.2, 0.25) is 0 Å². The molecule has 2 aromatic heterocycles. The van der Waals surface area contributed by atoms with Gasteiger partial charge in [0, 0.05) is 101 Å². The van der Waals surface area contributed by atoms with Crippen molar-refractivity contribution in [3.63, 3.8) is 0 Å². The van der Waals surface area contributed by atoms with Crippen LogP contribution in [0.3, 0.4) is 0 Å². The standard InChI is InChI=1S/C46H58N10O8/c57-41(13-9-34-6-4-18-47-31-34)49-19-2-1-5-33-15-21-55(22-16-33)46(62)38-10-12-40(52-51-38)53-23-25-54(26-24-53)43(59)17-27-63-29-30-64-28-20-48-37-8-3-7-35-36(37)32-56(45(35)61)39-11-14-42(58)50-44(39)60/h3-4,6-10,12-13,18,31,33,39,48H,1-2,5,11,14-17,19-30,32H2,(H,49,57)(H,50,58,60)/b13-9+. The Labute approximate surface area is 373 Å². The van der Waals surface area contributed by atoms with Gasteiger partial charge in [0.15, 0.2) is 11.5 Å². The second kappa shape index (κ2) is 22.9. The molecular weight excluding hydrogens is 821 g/mol. The van der Waals surface area contributed by atoms with Crippen LogP contribution < -0.4 is 20.9 Å². The lowest BCUT2D eigenvalue weighted by Crippen LogP contribution is -2.52. The van der Waals surface area contributed by atoms with E-state index in [1.165, 1.54) is 11.0 Å². The van der Waals surface area contributed by atoms with Gasteiger partial charge in [0.25, 0.3) is 11.8 Å². The number of nitrogens with zero attached hydrogens (tertiary/aromatic N) is 7. The van der Waals surface area contributed by atoms with Crippen LogP contribution in [0.5, 0.6) is 0 Å². The van der Waals surface area contributed by atoms with E-state index in [-0.39, 0.29) is 42.4 Å². The van der Waals surface area contributed by atoms with E-state index < -0.39 is 11.9 Å². The first-order chi connectivity index (χ1) is 31.2. The summed E-state index contributed by atoms with van der Waals surface area (Å²) in [7, 11) is 0. The Bertz CT molecular complexity index is 2120. The van der Waals surface area contributed by atoms with Crippen molar-refractivity contribution in [2.24, 2.45) is 5.92 Å². The molecule has 0 spiro atoms. The van der Waals surface area contributed by atoms with Crippen LogP contribution in [0, 0.1) is 5.92 Å². The zero-order chi connectivity index (χ0) is 44.7. The largest absolute Gasteiger partial charge is 0.382 e. The van der Waals surface area contributed by atoms with Crippen molar-refractivity contribution in [1.29, 1.82) is 0 Å². The number of imide groups is 1. The molecule has 6 heterocycles. The summed E-state index contributed by atoms with van der Waals surface area (Å²) >= 11 is 0. The van der Waals surface area contributed by atoms with E-state index in [1.54, 1.807) is 36.7 Å². The van der Waals surface area contributed by atoms with Crippen molar-refractivity contribution in [3.05, 3.63) is 83.3 Å². The Morgan fingerprint density at radius 2 is 1.64 bits per heavy atom. The molecule has 64 heavy (non-hydrogen) atoms. The summed E-state index contributed by atoms with van der Waals surface area (Å²) in [6, 6.07) is 12.1. The summed E-state index contributed by atoms with van der Waals surface area (Å²) in [5.74, 6) is 0.0895. The summed E-state index contributed by atoms with van der Waals surface area (Å²) in [5, 5.41) is 17.2. The zero-order valence-corrected chi connectivity index (χ0v) is 36.3.